The molecule has 0 aliphatic carbocycles. The Bertz CT molecular complexity index is 435. The summed E-state index contributed by atoms with van der Waals surface area (Å²) in [6, 6.07) is -0.524. The third-order valence-corrected chi connectivity index (χ3v) is 11.8. The van der Waals surface area contributed by atoms with Crippen LogP contribution in [0.1, 0.15) is 0 Å². The van der Waals surface area contributed by atoms with Gasteiger partial charge < -0.3 is 0 Å². The summed E-state index contributed by atoms with van der Waals surface area (Å²) in [6.07, 6.45) is 0. The van der Waals surface area contributed by atoms with Gasteiger partial charge in [0.2, 0.25) is 0 Å². The molecule has 0 saturated carbocycles. The molecule has 10 heteroatoms. The zero-order valence-electron chi connectivity index (χ0n) is 8.75. The van der Waals surface area contributed by atoms with Gasteiger partial charge in [-0.1, -0.05) is 0 Å². The number of carbonyl (C=O) groups excluding carboxylic acids is 1. The topological polar surface area (TPSA) is 64.2 Å². The Kier molecular flexibility index (Phi) is 1.66. The fourth-order valence-corrected chi connectivity index (χ4v) is 10.4. The Balaban J connectivity index is 2.60. The van der Waals surface area contributed by atoms with Gasteiger partial charge >= 0.3 is 86.8 Å². The molecule has 2 saturated heterocycles. The van der Waals surface area contributed by atoms with E-state index in [-0.39, 0.29) is 0 Å². The molecule has 1 spiro atoms. The van der Waals surface area contributed by atoms with Crippen LogP contribution in [-0.2, 0) is 10.2 Å². The van der Waals surface area contributed by atoms with Crippen molar-refractivity contribution >= 4 is 23.8 Å². The fraction of sp³-hybridized carbons (Fsp3) is 0.800. The van der Waals surface area contributed by atoms with E-state index >= 15 is 0 Å². The van der Waals surface area contributed by atoms with Crippen molar-refractivity contribution in [3.05, 3.63) is 0 Å². The maximum absolute atomic E-state index is 15.0. The number of amides is 2. The number of urea groups is 1. The molecule has 2 aliphatic heterocycles. The Hall–Kier alpha value is -0.500. The summed E-state index contributed by atoms with van der Waals surface area (Å²) in [4.78, 5) is 11.3. The maximum atomic E-state index is 15.0. The second-order valence-corrected chi connectivity index (χ2v) is 10.2. The summed E-state index contributed by atoms with van der Waals surface area (Å²) in [7, 11) is -3.41. The molecule has 15 heavy (non-hydrogen) atoms. The molecule has 2 fully saturated rings. The van der Waals surface area contributed by atoms with Crippen molar-refractivity contribution in [1.29, 1.82) is 0 Å². The number of rotatable bonds is 0. The van der Waals surface area contributed by atoms with Crippen LogP contribution in [0.3, 0.4) is 0 Å². The molecule has 88 valence electrons. The summed E-state index contributed by atoms with van der Waals surface area (Å²) < 4.78 is 40.9. The van der Waals surface area contributed by atoms with Crippen molar-refractivity contribution in [2.24, 2.45) is 0 Å². The first-order valence-corrected chi connectivity index (χ1v) is 7.44. The van der Waals surface area contributed by atoms with Gasteiger partial charge in [0.05, 0.1) is 0 Å². The van der Waals surface area contributed by atoms with Crippen LogP contribution in [0.25, 0.3) is 0 Å². The van der Waals surface area contributed by atoms with Crippen molar-refractivity contribution < 1.29 is 17.4 Å². The van der Waals surface area contributed by atoms with Gasteiger partial charge in [-0.15, -0.1) is 0 Å². The van der Waals surface area contributed by atoms with Gasteiger partial charge in [-0.05, 0) is 0 Å². The zero-order valence-corrected chi connectivity index (χ0v) is 10.5. The standard InChI is InChI=1S/C5H12FN4O3PS/c1-7-5(11)8(2)14(7,6)9(3)15(12,13)10(14)4/h1-4H3. The van der Waals surface area contributed by atoms with Gasteiger partial charge in [-0.25, -0.2) is 0 Å². The summed E-state index contributed by atoms with van der Waals surface area (Å²) >= 11 is 0. The first-order valence-electron chi connectivity index (χ1n) is 4.11. The van der Waals surface area contributed by atoms with Crippen molar-refractivity contribution in [3.63, 3.8) is 0 Å². The van der Waals surface area contributed by atoms with Crippen LogP contribution in [0.4, 0.5) is 8.99 Å². The summed E-state index contributed by atoms with van der Waals surface area (Å²) in [5.41, 5.74) is 0. The normalized spacial score (nSPS) is 35.5. The van der Waals surface area contributed by atoms with E-state index in [0.717, 1.165) is 23.4 Å². The molecule has 2 heterocycles. The average molecular weight is 258 g/mol. The van der Waals surface area contributed by atoms with Crippen LogP contribution in [-0.4, -0.2) is 60.1 Å². The van der Waals surface area contributed by atoms with Crippen LogP contribution in [0.2, 0.25) is 0 Å². The molecule has 2 aliphatic rings. The van der Waals surface area contributed by atoms with E-state index in [9.17, 15) is 17.4 Å². The van der Waals surface area contributed by atoms with Gasteiger partial charge in [0, 0.05) is 0 Å². The van der Waals surface area contributed by atoms with E-state index < -0.39 is 23.8 Å². The quantitative estimate of drug-likeness (QED) is 0.583. The van der Waals surface area contributed by atoms with Gasteiger partial charge in [0.1, 0.15) is 0 Å². The number of carbonyl (C=O) groups is 1. The van der Waals surface area contributed by atoms with Crippen molar-refractivity contribution in [2.75, 3.05) is 28.2 Å². The number of hydrogen-bond donors (Lipinski definition) is 0. The van der Waals surface area contributed by atoms with Crippen LogP contribution in [0.5, 0.6) is 0 Å². The van der Waals surface area contributed by atoms with E-state index in [1.54, 1.807) is 0 Å². The molecule has 0 radical (unpaired) electrons. The molecule has 2 rings (SSSR count). The molecular weight excluding hydrogens is 246 g/mol. The monoisotopic (exact) mass is 258 g/mol. The molecule has 0 aromatic carbocycles. The molecule has 0 aromatic rings. The predicted octanol–water partition coefficient (Wildman–Crippen LogP) is 0.203. The minimum absolute atomic E-state index is 0.524. The van der Waals surface area contributed by atoms with Crippen LogP contribution < -0.4 is 0 Å². The Morgan fingerprint density at radius 2 is 1.40 bits per heavy atom. The van der Waals surface area contributed by atoms with Crippen molar-refractivity contribution in [2.45, 2.75) is 0 Å². The van der Waals surface area contributed by atoms with Gasteiger partial charge in [0.15, 0.2) is 0 Å². The third kappa shape index (κ3) is 0.673. The fourth-order valence-electron chi connectivity index (χ4n) is 2.10. The van der Waals surface area contributed by atoms with E-state index in [1.807, 2.05) is 0 Å². The summed E-state index contributed by atoms with van der Waals surface area (Å²) in [5, 5.41) is 0. The first kappa shape index (κ1) is 11.0. The second-order valence-electron chi connectivity index (χ2n) is 3.55. The molecule has 0 atom stereocenters. The van der Waals surface area contributed by atoms with E-state index in [2.05, 4.69) is 0 Å². The van der Waals surface area contributed by atoms with Crippen LogP contribution >= 0.6 is 7.52 Å². The Morgan fingerprint density at radius 1 is 1.07 bits per heavy atom. The first-order chi connectivity index (χ1) is 6.61. The SMILES string of the molecule is CN1C(=O)N(C)P12(F)N(C)S(=O)(=O)N2C. The van der Waals surface area contributed by atoms with Crippen LogP contribution in [0.15, 0.2) is 0 Å². The van der Waals surface area contributed by atoms with Gasteiger partial charge in [0.25, 0.3) is 0 Å². The molecule has 0 aromatic heterocycles. The molecular formula is C5H12FN4O3PS. The zero-order chi connectivity index (χ0) is 11.8. The summed E-state index contributed by atoms with van der Waals surface area (Å²) in [6.45, 7) is 0. The molecule has 0 unspecified atom stereocenters. The van der Waals surface area contributed by atoms with E-state index in [1.165, 1.54) is 14.1 Å². The van der Waals surface area contributed by atoms with E-state index in [0.29, 0.717) is 8.15 Å². The number of halogens is 1. The van der Waals surface area contributed by atoms with E-state index in [4.69, 9.17) is 0 Å². The molecule has 0 bridgehead atoms. The minimum atomic E-state index is -4.49. The van der Waals surface area contributed by atoms with Crippen molar-refractivity contribution in [3.8, 4) is 0 Å². The van der Waals surface area contributed by atoms with Crippen LogP contribution in [0, 0.1) is 0 Å². The van der Waals surface area contributed by atoms with Crippen molar-refractivity contribution in [1.82, 2.24) is 17.5 Å². The second kappa shape index (κ2) is 2.27. The average Bonchev–Trinajstić information content (AvgIpc) is 2.23. The van der Waals surface area contributed by atoms with Gasteiger partial charge in [-0.2, -0.15) is 0 Å². The number of nitrogens with zero attached hydrogens (tertiary/aromatic N) is 4. The van der Waals surface area contributed by atoms with Gasteiger partial charge in [-0.3, -0.25) is 0 Å². The summed E-state index contributed by atoms with van der Waals surface area (Å²) in [5.74, 6) is 0. The predicted molar refractivity (Wildman–Crippen MR) is 53.4 cm³/mol. The molecule has 0 N–H and O–H groups in total. The Labute approximate surface area is 87.5 Å². The number of hydrogen-bond acceptors (Lipinski definition) is 3. The molecule has 7 nitrogen and oxygen atoms in total. The third-order valence-electron chi connectivity index (χ3n) is 3.22. The Morgan fingerprint density at radius 3 is 1.73 bits per heavy atom. The molecule has 2 amide bonds.